The first-order chi connectivity index (χ1) is 12.9. The van der Waals surface area contributed by atoms with Gasteiger partial charge < -0.3 is 37.6 Å². The van der Waals surface area contributed by atoms with E-state index in [9.17, 15) is 0 Å². The van der Waals surface area contributed by atoms with Crippen LogP contribution in [0.4, 0.5) is 17.8 Å². The third-order valence-corrected chi connectivity index (χ3v) is 5.24. The Morgan fingerprint density at radius 3 is 1.43 bits per heavy atom. The maximum atomic E-state index is 6.17. The summed E-state index contributed by atoms with van der Waals surface area (Å²) in [5.41, 5.74) is 24.7. The van der Waals surface area contributed by atoms with Crippen LogP contribution in [0.5, 0.6) is 0 Å². The van der Waals surface area contributed by atoms with Crippen molar-refractivity contribution < 1.29 is 0 Å². The van der Waals surface area contributed by atoms with Gasteiger partial charge in [-0.05, 0) is 26.7 Å². The monoisotopic (exact) mass is 414 g/mol. The van der Waals surface area contributed by atoms with Crippen molar-refractivity contribution in [3.8, 4) is 0 Å². The first kappa shape index (κ1) is 22.8. The molecule has 0 aromatic carbocycles. The van der Waals surface area contributed by atoms with Crippen LogP contribution in [0.15, 0.2) is 0 Å². The van der Waals surface area contributed by atoms with E-state index in [0.717, 1.165) is 25.9 Å². The molecule has 28 heavy (non-hydrogen) atoms. The standard InChI is InChI=1S/C17H34N10.ClH/c1-3-25(4-2)15-22-16(26-7-11(18)5-12(19)8-26)24-17(23-15)27-9-13(20)6-14(21)10-27;/h11-14H,3-10,18-21H2,1-2H3;1H/t11-,12+,13-,14+;. The number of nitrogens with zero attached hydrogens (tertiary/aromatic N) is 6. The van der Waals surface area contributed by atoms with E-state index in [4.69, 9.17) is 37.9 Å². The fourth-order valence-electron chi connectivity index (χ4n) is 3.96. The zero-order valence-electron chi connectivity index (χ0n) is 16.9. The smallest absolute Gasteiger partial charge is 0.232 e. The summed E-state index contributed by atoms with van der Waals surface area (Å²) in [5, 5.41) is 0. The summed E-state index contributed by atoms with van der Waals surface area (Å²) in [6.07, 6.45) is 1.63. The molecule has 0 spiro atoms. The maximum Gasteiger partial charge on any atom is 0.232 e. The highest BCUT2D eigenvalue weighted by Gasteiger charge is 2.29. The Labute approximate surface area is 173 Å². The van der Waals surface area contributed by atoms with E-state index in [-0.39, 0.29) is 36.6 Å². The van der Waals surface area contributed by atoms with Crippen LogP contribution in [0.25, 0.3) is 0 Å². The van der Waals surface area contributed by atoms with E-state index in [0.29, 0.717) is 44.0 Å². The van der Waals surface area contributed by atoms with Crippen LogP contribution in [0.1, 0.15) is 26.7 Å². The zero-order chi connectivity index (χ0) is 19.6. The molecule has 0 bridgehead atoms. The molecule has 2 aliphatic heterocycles. The van der Waals surface area contributed by atoms with Crippen molar-refractivity contribution in [2.24, 2.45) is 22.9 Å². The number of nitrogens with two attached hydrogens (primary N) is 4. The van der Waals surface area contributed by atoms with Crippen LogP contribution in [0.2, 0.25) is 0 Å². The van der Waals surface area contributed by atoms with Gasteiger partial charge in [0.2, 0.25) is 17.8 Å². The summed E-state index contributed by atoms with van der Waals surface area (Å²) in [6, 6.07) is 0.0656. The number of halogens is 1. The van der Waals surface area contributed by atoms with Crippen LogP contribution in [-0.2, 0) is 0 Å². The van der Waals surface area contributed by atoms with Gasteiger partial charge in [0.15, 0.2) is 0 Å². The second kappa shape index (κ2) is 9.84. The number of piperidine rings is 2. The van der Waals surface area contributed by atoms with Crippen molar-refractivity contribution in [3.05, 3.63) is 0 Å². The van der Waals surface area contributed by atoms with Crippen molar-refractivity contribution in [3.63, 3.8) is 0 Å². The lowest BCUT2D eigenvalue weighted by Crippen LogP contribution is -2.54. The summed E-state index contributed by atoms with van der Waals surface area (Å²) in [6.45, 7) is 8.57. The van der Waals surface area contributed by atoms with Gasteiger partial charge in [0, 0.05) is 63.4 Å². The molecule has 0 aliphatic carbocycles. The number of hydrogen-bond donors (Lipinski definition) is 4. The Morgan fingerprint density at radius 2 is 1.11 bits per heavy atom. The van der Waals surface area contributed by atoms with E-state index in [1.165, 1.54) is 0 Å². The van der Waals surface area contributed by atoms with Crippen LogP contribution in [-0.4, -0.2) is 78.4 Å². The van der Waals surface area contributed by atoms with Gasteiger partial charge in [-0.1, -0.05) is 0 Å². The van der Waals surface area contributed by atoms with Gasteiger partial charge in [-0.15, -0.1) is 12.4 Å². The predicted molar refractivity (Wildman–Crippen MR) is 116 cm³/mol. The molecular formula is C17H35ClN10. The highest BCUT2D eigenvalue weighted by Crippen LogP contribution is 2.23. The molecule has 8 N–H and O–H groups in total. The van der Waals surface area contributed by atoms with Gasteiger partial charge >= 0.3 is 0 Å². The van der Waals surface area contributed by atoms with Crippen molar-refractivity contribution in [2.75, 3.05) is 54.0 Å². The van der Waals surface area contributed by atoms with Gasteiger partial charge in [-0.25, -0.2) is 0 Å². The van der Waals surface area contributed by atoms with Crippen molar-refractivity contribution in [1.29, 1.82) is 0 Å². The average molecular weight is 415 g/mol. The Bertz CT molecular complexity index is 564. The molecule has 1 aromatic rings. The van der Waals surface area contributed by atoms with Crippen LogP contribution in [0, 0.1) is 0 Å². The normalized spacial score (nSPS) is 28.1. The Hall–Kier alpha value is -1.46. The average Bonchev–Trinajstić information content (AvgIpc) is 2.61. The second-order valence-electron chi connectivity index (χ2n) is 7.73. The molecule has 0 radical (unpaired) electrons. The number of aromatic nitrogens is 3. The van der Waals surface area contributed by atoms with Crippen LogP contribution in [0.3, 0.4) is 0 Å². The minimum Gasteiger partial charge on any atom is -0.341 e. The lowest BCUT2D eigenvalue weighted by atomic mass is 10.0. The Morgan fingerprint density at radius 1 is 0.750 bits per heavy atom. The molecule has 2 aliphatic rings. The predicted octanol–water partition coefficient (Wildman–Crippen LogP) is -1.13. The minimum atomic E-state index is 0. The molecule has 4 atom stereocenters. The molecule has 160 valence electrons. The quantitative estimate of drug-likeness (QED) is 0.465. The number of anilines is 3. The van der Waals surface area contributed by atoms with Crippen LogP contribution < -0.4 is 37.6 Å². The molecule has 1 aromatic heterocycles. The van der Waals surface area contributed by atoms with E-state index in [2.05, 4.69) is 28.5 Å². The lowest BCUT2D eigenvalue weighted by Gasteiger charge is -2.37. The maximum absolute atomic E-state index is 6.17. The summed E-state index contributed by atoms with van der Waals surface area (Å²) >= 11 is 0. The van der Waals surface area contributed by atoms with E-state index in [1.54, 1.807) is 0 Å². The van der Waals surface area contributed by atoms with Crippen molar-refractivity contribution >= 4 is 30.3 Å². The molecule has 3 rings (SSSR count). The Balaban J connectivity index is 0.00000280. The molecule has 0 amide bonds. The molecule has 11 heteroatoms. The molecule has 0 unspecified atom stereocenters. The number of hydrogen-bond acceptors (Lipinski definition) is 10. The van der Waals surface area contributed by atoms with E-state index in [1.807, 2.05) is 0 Å². The van der Waals surface area contributed by atoms with E-state index < -0.39 is 0 Å². The lowest BCUT2D eigenvalue weighted by molar-refractivity contribution is 0.441. The molecule has 10 nitrogen and oxygen atoms in total. The summed E-state index contributed by atoms with van der Waals surface area (Å²) in [4.78, 5) is 20.5. The molecule has 2 fully saturated rings. The largest absolute Gasteiger partial charge is 0.341 e. The molecule has 2 saturated heterocycles. The van der Waals surface area contributed by atoms with Crippen molar-refractivity contribution in [2.45, 2.75) is 50.9 Å². The van der Waals surface area contributed by atoms with Gasteiger partial charge in [0.1, 0.15) is 0 Å². The van der Waals surface area contributed by atoms with Gasteiger partial charge in [0.05, 0.1) is 0 Å². The van der Waals surface area contributed by atoms with Gasteiger partial charge in [-0.2, -0.15) is 15.0 Å². The SMILES string of the molecule is CCN(CC)c1nc(N2C[C@H](N)C[C@H](N)C2)nc(N2C[C@H](N)C[C@H](N)C2)n1.Cl. The highest BCUT2D eigenvalue weighted by atomic mass is 35.5. The molecule has 0 saturated carbocycles. The fraction of sp³-hybridized carbons (Fsp3) is 0.824. The highest BCUT2D eigenvalue weighted by molar-refractivity contribution is 5.85. The molecular weight excluding hydrogens is 380 g/mol. The van der Waals surface area contributed by atoms with Gasteiger partial charge in [0.25, 0.3) is 0 Å². The minimum absolute atomic E-state index is 0. The fourth-order valence-corrected chi connectivity index (χ4v) is 3.96. The summed E-state index contributed by atoms with van der Waals surface area (Å²) < 4.78 is 0. The first-order valence-electron chi connectivity index (χ1n) is 9.92. The third kappa shape index (κ3) is 5.32. The molecule has 3 heterocycles. The van der Waals surface area contributed by atoms with E-state index >= 15 is 0 Å². The first-order valence-corrected chi connectivity index (χ1v) is 9.92. The topological polar surface area (TPSA) is 152 Å². The van der Waals surface area contributed by atoms with Crippen LogP contribution >= 0.6 is 12.4 Å². The van der Waals surface area contributed by atoms with Gasteiger partial charge in [-0.3, -0.25) is 0 Å². The number of rotatable bonds is 5. The summed E-state index contributed by atoms with van der Waals surface area (Å²) in [5.74, 6) is 1.92. The second-order valence-corrected chi connectivity index (χ2v) is 7.73. The Kier molecular flexibility index (Phi) is 8.02. The summed E-state index contributed by atoms with van der Waals surface area (Å²) in [7, 11) is 0. The van der Waals surface area contributed by atoms with Crippen molar-refractivity contribution in [1.82, 2.24) is 15.0 Å². The zero-order valence-corrected chi connectivity index (χ0v) is 17.7. The third-order valence-electron chi connectivity index (χ3n) is 5.24.